The molecule has 0 aromatic heterocycles. The van der Waals surface area contributed by atoms with E-state index in [0.717, 1.165) is 0 Å². The number of carbonyl (C=O) groups is 1. The molecule has 0 fully saturated rings. The van der Waals surface area contributed by atoms with Gasteiger partial charge in [-0.25, -0.2) is 0 Å². The summed E-state index contributed by atoms with van der Waals surface area (Å²) in [6, 6.07) is 14.1. The van der Waals surface area contributed by atoms with Gasteiger partial charge in [0, 0.05) is 10.5 Å². The fourth-order valence-electron chi connectivity index (χ4n) is 1.59. The van der Waals surface area contributed by atoms with Crippen LogP contribution < -0.4 is 4.74 Å². The Labute approximate surface area is 123 Å². The normalized spacial score (nSPS) is 11.2. The van der Waals surface area contributed by atoms with Crippen LogP contribution in [0.25, 0.3) is 0 Å². The number of ketones is 1. The predicted octanol–water partition coefficient (Wildman–Crippen LogP) is 4.56. The van der Waals surface area contributed by atoms with Crippen LogP contribution in [0.4, 0.5) is 13.2 Å². The molecule has 0 bridgehead atoms. The zero-order chi connectivity index (χ0) is 15.3. The number of thioether (sulfide) groups is 1. The third-order valence-corrected chi connectivity index (χ3v) is 3.26. The van der Waals surface area contributed by atoms with E-state index in [-0.39, 0.29) is 29.0 Å². The third kappa shape index (κ3) is 5.15. The zero-order valence-corrected chi connectivity index (χ0v) is 11.6. The smallest absolute Gasteiger partial charge is 0.446 e. The molecule has 0 saturated heterocycles. The highest BCUT2D eigenvalue weighted by atomic mass is 32.2. The van der Waals surface area contributed by atoms with Gasteiger partial charge in [-0.15, -0.1) is 0 Å². The molecule has 2 aromatic carbocycles. The van der Waals surface area contributed by atoms with E-state index in [4.69, 9.17) is 4.74 Å². The van der Waals surface area contributed by atoms with Crippen molar-refractivity contribution in [3.8, 4) is 5.75 Å². The van der Waals surface area contributed by atoms with Crippen LogP contribution >= 0.6 is 11.8 Å². The van der Waals surface area contributed by atoms with Gasteiger partial charge in [-0.1, -0.05) is 30.3 Å². The van der Waals surface area contributed by atoms with Crippen LogP contribution in [0, 0.1) is 0 Å². The number of carbonyl (C=O) groups excluding carboxylic acids is 1. The van der Waals surface area contributed by atoms with Crippen molar-refractivity contribution < 1.29 is 22.7 Å². The molecule has 0 aliphatic heterocycles. The van der Waals surface area contributed by atoms with Crippen molar-refractivity contribution >= 4 is 17.5 Å². The van der Waals surface area contributed by atoms with Crippen molar-refractivity contribution in [3.63, 3.8) is 0 Å². The first kappa shape index (κ1) is 15.4. The average Bonchev–Trinajstić information content (AvgIpc) is 2.45. The predicted molar refractivity (Wildman–Crippen MR) is 74.6 cm³/mol. The van der Waals surface area contributed by atoms with Crippen LogP contribution in [-0.2, 0) is 0 Å². The van der Waals surface area contributed by atoms with Gasteiger partial charge in [-0.2, -0.15) is 13.2 Å². The summed E-state index contributed by atoms with van der Waals surface area (Å²) in [6.07, 6.45) is 0. The molecule has 0 saturated carbocycles. The van der Waals surface area contributed by atoms with Gasteiger partial charge >= 0.3 is 5.51 Å². The second kappa shape index (κ2) is 6.67. The molecule has 2 rings (SSSR count). The van der Waals surface area contributed by atoms with Gasteiger partial charge in [-0.3, -0.25) is 4.79 Å². The Morgan fingerprint density at radius 1 is 1.00 bits per heavy atom. The first-order valence-corrected chi connectivity index (χ1v) is 6.82. The lowest BCUT2D eigenvalue weighted by Gasteiger charge is -2.07. The van der Waals surface area contributed by atoms with Crippen LogP contribution in [0.3, 0.4) is 0 Å². The highest BCUT2D eigenvalue weighted by Gasteiger charge is 2.29. The maximum absolute atomic E-state index is 12.2. The van der Waals surface area contributed by atoms with Crippen LogP contribution in [0.5, 0.6) is 5.75 Å². The van der Waals surface area contributed by atoms with E-state index in [1.165, 1.54) is 24.3 Å². The van der Waals surface area contributed by atoms with E-state index < -0.39 is 5.51 Å². The van der Waals surface area contributed by atoms with Gasteiger partial charge in [0.25, 0.3) is 0 Å². The van der Waals surface area contributed by atoms with Gasteiger partial charge in [0.15, 0.2) is 12.4 Å². The van der Waals surface area contributed by atoms with Gasteiger partial charge in [0.2, 0.25) is 0 Å². The number of hydrogen-bond acceptors (Lipinski definition) is 3. The minimum atomic E-state index is -4.33. The average molecular weight is 312 g/mol. The maximum atomic E-state index is 12.2. The number of rotatable bonds is 5. The summed E-state index contributed by atoms with van der Waals surface area (Å²) in [6.45, 7) is -0.157. The molecule has 0 radical (unpaired) electrons. The van der Waals surface area contributed by atoms with Crippen LogP contribution in [0.1, 0.15) is 10.4 Å². The summed E-state index contributed by atoms with van der Waals surface area (Å²) >= 11 is -0.211. The Kier molecular flexibility index (Phi) is 4.90. The lowest BCUT2D eigenvalue weighted by molar-refractivity contribution is -0.0328. The van der Waals surface area contributed by atoms with E-state index in [9.17, 15) is 18.0 Å². The van der Waals surface area contributed by atoms with Crippen molar-refractivity contribution in [1.29, 1.82) is 0 Å². The SMILES string of the molecule is O=C(COc1ccccc1)c1ccc(SC(F)(F)F)cc1. The van der Waals surface area contributed by atoms with Crippen molar-refractivity contribution in [2.45, 2.75) is 10.4 Å². The molecule has 0 heterocycles. The fraction of sp³-hybridized carbons (Fsp3) is 0.133. The Balaban J connectivity index is 1.94. The van der Waals surface area contributed by atoms with E-state index in [0.29, 0.717) is 11.3 Å². The largest absolute Gasteiger partial charge is 0.485 e. The second-order valence-electron chi connectivity index (χ2n) is 4.10. The molecule has 0 atom stereocenters. The van der Waals surface area contributed by atoms with Gasteiger partial charge in [0.1, 0.15) is 5.75 Å². The Morgan fingerprint density at radius 3 is 2.19 bits per heavy atom. The quantitative estimate of drug-likeness (QED) is 0.598. The van der Waals surface area contributed by atoms with Crippen molar-refractivity contribution in [2.24, 2.45) is 0 Å². The summed E-state index contributed by atoms with van der Waals surface area (Å²) in [4.78, 5) is 11.9. The van der Waals surface area contributed by atoms with Crippen LogP contribution in [0.2, 0.25) is 0 Å². The minimum absolute atomic E-state index is 0.0445. The minimum Gasteiger partial charge on any atom is -0.485 e. The monoisotopic (exact) mass is 312 g/mol. The summed E-state index contributed by atoms with van der Waals surface area (Å²) < 4.78 is 41.9. The van der Waals surface area contributed by atoms with Gasteiger partial charge in [-0.05, 0) is 36.0 Å². The van der Waals surface area contributed by atoms with Crippen LogP contribution in [0.15, 0.2) is 59.5 Å². The van der Waals surface area contributed by atoms with Gasteiger partial charge < -0.3 is 4.74 Å². The second-order valence-corrected chi connectivity index (χ2v) is 5.24. The molecule has 0 N–H and O–H groups in total. The van der Waals surface area contributed by atoms with Crippen molar-refractivity contribution in [1.82, 2.24) is 0 Å². The molecule has 21 heavy (non-hydrogen) atoms. The standard InChI is InChI=1S/C15H11F3O2S/c16-15(17,18)21-13-8-6-11(7-9-13)14(19)10-20-12-4-2-1-3-5-12/h1-9H,10H2. The molecule has 0 unspecified atom stereocenters. The topological polar surface area (TPSA) is 26.3 Å². The summed E-state index contributed by atoms with van der Waals surface area (Å²) in [5, 5.41) is 0. The number of hydrogen-bond donors (Lipinski definition) is 0. The lowest BCUT2D eigenvalue weighted by atomic mass is 10.1. The first-order valence-electron chi connectivity index (χ1n) is 6.01. The summed E-state index contributed by atoms with van der Waals surface area (Å²) in [5.41, 5.74) is -4.01. The van der Waals surface area contributed by atoms with E-state index in [1.807, 2.05) is 6.07 Å². The Hall–Kier alpha value is -1.95. The number of halogens is 3. The lowest BCUT2D eigenvalue weighted by Crippen LogP contribution is -2.11. The molecule has 0 spiro atoms. The van der Waals surface area contributed by atoms with Crippen molar-refractivity contribution in [2.75, 3.05) is 6.61 Å². The Morgan fingerprint density at radius 2 is 1.62 bits per heavy atom. The molecule has 2 nitrogen and oxygen atoms in total. The molecule has 0 aliphatic carbocycles. The molecule has 0 amide bonds. The van der Waals surface area contributed by atoms with E-state index in [1.54, 1.807) is 24.3 Å². The first-order chi connectivity index (χ1) is 9.94. The number of ether oxygens (including phenoxy) is 1. The summed E-state index contributed by atoms with van der Waals surface area (Å²) in [5.74, 6) is 0.275. The zero-order valence-electron chi connectivity index (χ0n) is 10.8. The molecule has 110 valence electrons. The Bertz CT molecular complexity index is 595. The van der Waals surface area contributed by atoms with Gasteiger partial charge in [0.05, 0.1) is 0 Å². The van der Waals surface area contributed by atoms with E-state index >= 15 is 0 Å². The van der Waals surface area contributed by atoms with Crippen molar-refractivity contribution in [3.05, 3.63) is 60.2 Å². The van der Waals surface area contributed by atoms with E-state index in [2.05, 4.69) is 0 Å². The number of para-hydroxylation sites is 1. The number of alkyl halides is 3. The number of benzene rings is 2. The molecular formula is C15H11F3O2S. The summed E-state index contributed by atoms with van der Waals surface area (Å²) in [7, 11) is 0. The highest BCUT2D eigenvalue weighted by molar-refractivity contribution is 8.00. The van der Waals surface area contributed by atoms with Crippen LogP contribution in [-0.4, -0.2) is 17.9 Å². The molecular weight excluding hydrogens is 301 g/mol. The fourth-order valence-corrected chi connectivity index (χ4v) is 2.13. The molecule has 0 aliphatic rings. The maximum Gasteiger partial charge on any atom is 0.446 e. The number of Topliss-reactive ketones (excluding diaryl/α,β-unsaturated/α-hetero) is 1. The molecule has 6 heteroatoms. The molecule has 2 aromatic rings. The highest BCUT2D eigenvalue weighted by Crippen LogP contribution is 2.36. The third-order valence-electron chi connectivity index (χ3n) is 2.52.